The van der Waals surface area contributed by atoms with E-state index in [1.165, 1.54) is 13.1 Å². The van der Waals surface area contributed by atoms with E-state index in [0.29, 0.717) is 5.75 Å². The molecule has 1 fully saturated rings. The van der Waals surface area contributed by atoms with Crippen molar-refractivity contribution >= 4 is 0 Å². The number of aliphatic hydroxyl groups excluding tert-OH is 1. The van der Waals surface area contributed by atoms with Gasteiger partial charge in [0.15, 0.2) is 12.4 Å². The maximum Gasteiger partial charge on any atom is 0.330 e. The monoisotopic (exact) mass is 531 g/mol. The van der Waals surface area contributed by atoms with Gasteiger partial charge in [0.2, 0.25) is 0 Å². The molecule has 0 radical (unpaired) electrons. The first-order valence-electron chi connectivity index (χ1n) is 12.7. The summed E-state index contributed by atoms with van der Waals surface area (Å²) in [5.74, 6) is 0.702. The predicted molar refractivity (Wildman–Crippen MR) is 145 cm³/mol. The van der Waals surface area contributed by atoms with E-state index >= 15 is 4.39 Å². The first kappa shape index (κ1) is 26.6. The topological polar surface area (TPSA) is 106 Å². The van der Waals surface area contributed by atoms with Crippen molar-refractivity contribution in [1.82, 2.24) is 14.9 Å². The quantitative estimate of drug-likeness (QED) is 0.302. The number of hydrogen-bond donors (Lipinski definition) is 3. The highest BCUT2D eigenvalue weighted by Crippen LogP contribution is 2.38. The molecule has 0 amide bonds. The molecular formula is C30H30FN3O5. The summed E-state index contributed by atoms with van der Waals surface area (Å²) in [6, 6.07) is 27.3. The Morgan fingerprint density at radius 3 is 2.10 bits per heavy atom. The average Bonchev–Trinajstić information content (AvgIpc) is 3.25. The van der Waals surface area contributed by atoms with Gasteiger partial charge in [-0.25, -0.2) is 9.18 Å². The lowest BCUT2D eigenvalue weighted by molar-refractivity contribution is -0.0276. The molecule has 2 heterocycles. The van der Waals surface area contributed by atoms with Crippen molar-refractivity contribution in [3.63, 3.8) is 0 Å². The Morgan fingerprint density at radius 1 is 0.974 bits per heavy atom. The second-order valence-corrected chi connectivity index (χ2v) is 9.57. The number of rotatable bonds is 8. The molecule has 5 rings (SSSR count). The zero-order valence-corrected chi connectivity index (χ0v) is 21.6. The number of benzene rings is 3. The third-order valence-corrected chi connectivity index (χ3v) is 7.22. The zero-order valence-electron chi connectivity index (χ0n) is 21.6. The second-order valence-electron chi connectivity index (χ2n) is 9.57. The summed E-state index contributed by atoms with van der Waals surface area (Å²) in [6.07, 6.45) is -4.53. The van der Waals surface area contributed by atoms with Gasteiger partial charge in [0.05, 0.1) is 12.6 Å². The minimum absolute atomic E-state index is 0.0466. The van der Waals surface area contributed by atoms with Crippen molar-refractivity contribution in [2.75, 3.05) is 13.7 Å². The maximum atomic E-state index is 15.3. The molecule has 0 saturated carbocycles. The SMILES string of the molecule is COc1ccc(C(NC[C@H]2O[C@@H](n3cc(C)c(=O)[nH]c3=O)[C@H](F)[C@@H]2O)(c2ccccc2)c2ccccc2)cc1. The standard InChI is InChI=1S/C30H30FN3O5/c1-19-18-34(29(37)33-27(19)36)28-25(31)26(35)24(39-28)17-32-30(20-9-5-3-6-10-20,21-11-7-4-8-12-21)22-13-15-23(38-2)16-14-22/h3-16,18,24-26,28,32,35H,17H2,1-2H3,(H,33,36,37)/t24-,25-,26-,28-/m1/s1. The lowest BCUT2D eigenvalue weighted by atomic mass is 9.77. The van der Waals surface area contributed by atoms with Gasteiger partial charge in [-0.3, -0.25) is 19.7 Å². The van der Waals surface area contributed by atoms with Gasteiger partial charge in [0.25, 0.3) is 5.56 Å². The maximum absolute atomic E-state index is 15.3. The number of aryl methyl sites for hydroxylation is 1. The molecule has 1 aliphatic heterocycles. The van der Waals surface area contributed by atoms with Gasteiger partial charge in [0, 0.05) is 18.3 Å². The van der Waals surface area contributed by atoms with Crippen LogP contribution in [0.3, 0.4) is 0 Å². The second kappa shape index (κ2) is 11.0. The highest BCUT2D eigenvalue weighted by Gasteiger charge is 2.47. The Kier molecular flexibility index (Phi) is 7.47. The van der Waals surface area contributed by atoms with Crippen molar-refractivity contribution in [2.45, 2.75) is 37.1 Å². The lowest BCUT2D eigenvalue weighted by Gasteiger charge is -2.38. The molecule has 0 unspecified atom stereocenters. The molecule has 1 aromatic heterocycles. The first-order chi connectivity index (χ1) is 18.8. The molecule has 9 heteroatoms. The predicted octanol–water partition coefficient (Wildman–Crippen LogP) is 3.03. The Balaban J connectivity index is 1.54. The van der Waals surface area contributed by atoms with Crippen LogP contribution in [0.2, 0.25) is 0 Å². The highest BCUT2D eigenvalue weighted by atomic mass is 19.1. The minimum Gasteiger partial charge on any atom is -0.497 e. The number of halogens is 1. The van der Waals surface area contributed by atoms with E-state index in [9.17, 15) is 14.7 Å². The third kappa shape index (κ3) is 4.92. The molecule has 3 aromatic carbocycles. The van der Waals surface area contributed by atoms with E-state index in [1.807, 2.05) is 84.9 Å². The van der Waals surface area contributed by atoms with Crippen LogP contribution in [0, 0.1) is 6.92 Å². The molecule has 4 atom stereocenters. The van der Waals surface area contributed by atoms with Gasteiger partial charge in [-0.05, 0) is 35.7 Å². The summed E-state index contributed by atoms with van der Waals surface area (Å²) in [6.45, 7) is 1.56. The fourth-order valence-electron chi connectivity index (χ4n) is 5.15. The van der Waals surface area contributed by atoms with Gasteiger partial charge >= 0.3 is 5.69 Å². The smallest absolute Gasteiger partial charge is 0.330 e. The van der Waals surface area contributed by atoms with Crippen molar-refractivity contribution in [2.24, 2.45) is 0 Å². The highest BCUT2D eigenvalue weighted by molar-refractivity contribution is 5.50. The van der Waals surface area contributed by atoms with Crippen LogP contribution in [0.5, 0.6) is 5.75 Å². The Labute approximate surface area is 224 Å². The molecule has 0 bridgehead atoms. The Morgan fingerprint density at radius 2 is 1.54 bits per heavy atom. The minimum atomic E-state index is -1.89. The van der Waals surface area contributed by atoms with Gasteiger partial charge in [-0.2, -0.15) is 0 Å². The van der Waals surface area contributed by atoms with E-state index in [1.54, 1.807) is 7.11 Å². The normalized spacial score (nSPS) is 21.1. The molecule has 4 aromatic rings. The molecule has 1 saturated heterocycles. The van der Waals surface area contributed by atoms with Crippen molar-refractivity contribution in [3.8, 4) is 5.75 Å². The molecule has 8 nitrogen and oxygen atoms in total. The van der Waals surface area contributed by atoms with Crippen LogP contribution in [0.4, 0.5) is 4.39 Å². The number of methoxy groups -OCH3 is 1. The molecule has 0 aliphatic carbocycles. The van der Waals surface area contributed by atoms with Crippen molar-refractivity contribution in [3.05, 3.63) is 134 Å². The summed E-state index contributed by atoms with van der Waals surface area (Å²) < 4.78 is 27.6. The zero-order chi connectivity index (χ0) is 27.6. The number of ether oxygens (including phenoxy) is 2. The number of nitrogens with one attached hydrogen (secondary N) is 2. The summed E-state index contributed by atoms with van der Waals surface area (Å²) in [5.41, 5.74) is 0.720. The van der Waals surface area contributed by atoms with Crippen LogP contribution >= 0.6 is 0 Å². The molecular weight excluding hydrogens is 501 g/mol. The van der Waals surface area contributed by atoms with Crippen LogP contribution < -0.4 is 21.3 Å². The van der Waals surface area contributed by atoms with Crippen molar-refractivity contribution < 1.29 is 19.0 Å². The third-order valence-electron chi connectivity index (χ3n) is 7.22. The van der Waals surface area contributed by atoms with E-state index < -0.39 is 41.4 Å². The number of hydrogen-bond acceptors (Lipinski definition) is 6. The van der Waals surface area contributed by atoms with Crippen molar-refractivity contribution in [1.29, 1.82) is 0 Å². The summed E-state index contributed by atoms with van der Waals surface area (Å²) in [5, 5.41) is 14.4. The fourth-order valence-corrected chi connectivity index (χ4v) is 5.15. The number of alkyl halides is 1. The van der Waals surface area contributed by atoms with Gasteiger partial charge < -0.3 is 14.6 Å². The van der Waals surface area contributed by atoms with Crippen LogP contribution in [0.1, 0.15) is 28.5 Å². The van der Waals surface area contributed by atoms with E-state index in [0.717, 1.165) is 21.3 Å². The number of aliphatic hydroxyl groups is 1. The fraction of sp³-hybridized carbons (Fsp3) is 0.267. The number of H-pyrrole nitrogens is 1. The molecule has 202 valence electrons. The molecule has 1 aliphatic rings. The average molecular weight is 532 g/mol. The number of nitrogens with zero attached hydrogens (tertiary/aromatic N) is 1. The van der Waals surface area contributed by atoms with Crippen LogP contribution in [0.15, 0.2) is 101 Å². The Bertz CT molecular complexity index is 1480. The van der Waals surface area contributed by atoms with E-state index in [4.69, 9.17) is 9.47 Å². The molecule has 3 N–H and O–H groups in total. The van der Waals surface area contributed by atoms with Crippen LogP contribution in [-0.2, 0) is 10.3 Å². The van der Waals surface area contributed by atoms with Crippen LogP contribution in [0.25, 0.3) is 0 Å². The summed E-state index contributed by atoms with van der Waals surface area (Å²) in [7, 11) is 1.60. The first-order valence-corrected chi connectivity index (χ1v) is 12.7. The summed E-state index contributed by atoms with van der Waals surface area (Å²) in [4.78, 5) is 26.4. The lowest BCUT2D eigenvalue weighted by Crippen LogP contribution is -2.49. The van der Waals surface area contributed by atoms with Gasteiger partial charge in [-0.15, -0.1) is 0 Å². The van der Waals surface area contributed by atoms with Gasteiger partial charge in [0.1, 0.15) is 18.0 Å². The Hall–Kier alpha value is -4.05. The van der Waals surface area contributed by atoms with E-state index in [-0.39, 0.29) is 12.1 Å². The summed E-state index contributed by atoms with van der Waals surface area (Å²) >= 11 is 0. The van der Waals surface area contributed by atoms with E-state index in [2.05, 4.69) is 10.3 Å². The number of aromatic amines is 1. The largest absolute Gasteiger partial charge is 0.497 e. The number of aromatic nitrogens is 2. The molecule has 0 spiro atoms. The van der Waals surface area contributed by atoms with Crippen LogP contribution in [-0.4, -0.2) is 46.7 Å². The van der Waals surface area contributed by atoms with Gasteiger partial charge in [-0.1, -0.05) is 72.8 Å². The molecule has 39 heavy (non-hydrogen) atoms.